The van der Waals surface area contributed by atoms with E-state index in [1.165, 1.54) is 0 Å². The van der Waals surface area contributed by atoms with E-state index in [4.69, 9.17) is 16.3 Å². The number of alkyl halides is 1. The van der Waals surface area contributed by atoms with Gasteiger partial charge in [-0.25, -0.2) is 0 Å². The van der Waals surface area contributed by atoms with E-state index in [0.29, 0.717) is 19.0 Å². The number of carbonyl (C=O) groups is 1. The monoisotopic (exact) mass is 283 g/mol. The van der Waals surface area contributed by atoms with Gasteiger partial charge in [-0.3, -0.25) is 4.79 Å². The van der Waals surface area contributed by atoms with Crippen molar-refractivity contribution in [1.29, 1.82) is 0 Å². The predicted molar refractivity (Wildman–Crippen MR) is 78.3 cm³/mol. The van der Waals surface area contributed by atoms with Gasteiger partial charge in [0.05, 0.1) is 5.60 Å². The Morgan fingerprint density at radius 3 is 2.42 bits per heavy atom. The van der Waals surface area contributed by atoms with E-state index in [2.05, 4.69) is 0 Å². The highest BCUT2D eigenvalue weighted by Gasteiger charge is 2.17. The Morgan fingerprint density at radius 1 is 1.26 bits per heavy atom. The van der Waals surface area contributed by atoms with Crippen molar-refractivity contribution >= 4 is 17.5 Å². The number of rotatable bonds is 6. The summed E-state index contributed by atoms with van der Waals surface area (Å²) in [5, 5.41) is 0. The first kappa shape index (κ1) is 16.0. The molecule has 4 heteroatoms. The number of halogens is 1. The van der Waals surface area contributed by atoms with E-state index >= 15 is 0 Å². The zero-order valence-electron chi connectivity index (χ0n) is 11.9. The van der Waals surface area contributed by atoms with Crippen LogP contribution in [-0.2, 0) is 16.1 Å². The van der Waals surface area contributed by atoms with Crippen molar-refractivity contribution in [2.45, 2.75) is 32.9 Å². The number of ether oxygens (including phenoxy) is 1. The van der Waals surface area contributed by atoms with Gasteiger partial charge in [-0.15, -0.1) is 11.6 Å². The molecule has 0 fully saturated rings. The van der Waals surface area contributed by atoms with Crippen molar-refractivity contribution in [2.75, 3.05) is 19.0 Å². The largest absolute Gasteiger partial charge is 0.366 e. The molecule has 0 aliphatic heterocycles. The number of hydrogen-bond acceptors (Lipinski definition) is 2. The van der Waals surface area contributed by atoms with E-state index in [1.807, 2.05) is 51.1 Å². The third kappa shape index (κ3) is 6.60. The molecule has 0 atom stereocenters. The number of nitrogens with zero attached hydrogens (tertiary/aromatic N) is 1. The summed E-state index contributed by atoms with van der Waals surface area (Å²) in [6.07, 6.45) is 0. The van der Waals surface area contributed by atoms with Crippen LogP contribution >= 0.6 is 11.6 Å². The minimum Gasteiger partial charge on any atom is -0.366 e. The third-order valence-corrected chi connectivity index (χ3v) is 2.72. The Kier molecular flexibility index (Phi) is 6.32. The molecule has 0 N–H and O–H groups in total. The Labute approximate surface area is 120 Å². The Bertz CT molecular complexity index is 387. The van der Waals surface area contributed by atoms with Gasteiger partial charge < -0.3 is 9.64 Å². The maximum Gasteiger partial charge on any atom is 0.248 e. The van der Waals surface area contributed by atoms with Gasteiger partial charge in [0.25, 0.3) is 0 Å². The lowest BCUT2D eigenvalue weighted by Crippen LogP contribution is -2.37. The van der Waals surface area contributed by atoms with Crippen molar-refractivity contribution in [3.63, 3.8) is 0 Å². The minimum absolute atomic E-state index is 0.0283. The lowest BCUT2D eigenvalue weighted by atomic mass is 10.2. The number of benzene rings is 1. The standard InChI is InChI=1S/C15H22ClNO2/c1-15(2,3)19-12-14(18)17(10-9-16)11-13-7-5-4-6-8-13/h4-8H,9-12H2,1-3H3. The van der Waals surface area contributed by atoms with Crippen molar-refractivity contribution in [3.05, 3.63) is 35.9 Å². The maximum absolute atomic E-state index is 12.1. The van der Waals surface area contributed by atoms with Gasteiger partial charge >= 0.3 is 0 Å². The highest BCUT2D eigenvalue weighted by molar-refractivity contribution is 6.18. The van der Waals surface area contributed by atoms with Gasteiger partial charge in [-0.1, -0.05) is 30.3 Å². The molecule has 19 heavy (non-hydrogen) atoms. The highest BCUT2D eigenvalue weighted by Crippen LogP contribution is 2.09. The SMILES string of the molecule is CC(C)(C)OCC(=O)N(CCCl)Cc1ccccc1. The smallest absolute Gasteiger partial charge is 0.248 e. The zero-order chi connectivity index (χ0) is 14.3. The molecule has 3 nitrogen and oxygen atoms in total. The van der Waals surface area contributed by atoms with E-state index in [1.54, 1.807) is 4.90 Å². The molecule has 0 saturated carbocycles. The molecule has 1 rings (SSSR count). The van der Waals surface area contributed by atoms with Gasteiger partial charge in [0.1, 0.15) is 6.61 Å². The summed E-state index contributed by atoms with van der Waals surface area (Å²) in [7, 11) is 0. The van der Waals surface area contributed by atoms with Gasteiger partial charge in [-0.2, -0.15) is 0 Å². The minimum atomic E-state index is -0.310. The molecule has 0 aliphatic carbocycles. The second kappa shape index (κ2) is 7.51. The summed E-state index contributed by atoms with van der Waals surface area (Å²) in [5.41, 5.74) is 0.784. The van der Waals surface area contributed by atoms with Crippen LogP contribution in [-0.4, -0.2) is 35.4 Å². The van der Waals surface area contributed by atoms with E-state index in [9.17, 15) is 4.79 Å². The molecule has 1 amide bonds. The van der Waals surface area contributed by atoms with Crippen LogP contribution in [0, 0.1) is 0 Å². The molecule has 0 spiro atoms. The van der Waals surface area contributed by atoms with Gasteiger partial charge in [0, 0.05) is 19.0 Å². The van der Waals surface area contributed by atoms with Crippen LogP contribution in [0.1, 0.15) is 26.3 Å². The number of amides is 1. The summed E-state index contributed by atoms with van der Waals surface area (Å²) in [6, 6.07) is 9.88. The number of carbonyl (C=O) groups excluding carboxylic acids is 1. The Morgan fingerprint density at radius 2 is 1.89 bits per heavy atom. The van der Waals surface area contributed by atoms with Crippen molar-refractivity contribution < 1.29 is 9.53 Å². The second-order valence-electron chi connectivity index (χ2n) is 5.39. The van der Waals surface area contributed by atoms with Gasteiger partial charge in [0.15, 0.2) is 0 Å². The fourth-order valence-electron chi connectivity index (χ4n) is 1.57. The third-order valence-electron chi connectivity index (χ3n) is 2.55. The molecule has 1 aromatic rings. The van der Waals surface area contributed by atoms with Gasteiger partial charge in [-0.05, 0) is 26.3 Å². The summed E-state index contributed by atoms with van der Waals surface area (Å²) in [6.45, 7) is 6.99. The molecule has 0 aliphatic rings. The molecular formula is C15H22ClNO2. The summed E-state index contributed by atoms with van der Waals surface area (Å²) >= 11 is 5.76. The van der Waals surface area contributed by atoms with E-state index in [0.717, 1.165) is 5.56 Å². The lowest BCUT2D eigenvalue weighted by molar-refractivity contribution is -0.141. The molecular weight excluding hydrogens is 262 g/mol. The molecule has 0 radical (unpaired) electrons. The summed E-state index contributed by atoms with van der Waals surface area (Å²) in [5.74, 6) is 0.396. The molecule has 0 heterocycles. The molecule has 106 valence electrons. The van der Waals surface area contributed by atoms with Crippen LogP contribution < -0.4 is 0 Å². The summed E-state index contributed by atoms with van der Waals surface area (Å²) in [4.78, 5) is 13.9. The molecule has 0 unspecified atom stereocenters. The molecule has 0 saturated heterocycles. The second-order valence-corrected chi connectivity index (χ2v) is 5.77. The van der Waals surface area contributed by atoms with Crippen LogP contribution in [0.5, 0.6) is 0 Å². The average Bonchev–Trinajstić information content (AvgIpc) is 2.36. The quantitative estimate of drug-likeness (QED) is 0.751. The molecule has 0 bridgehead atoms. The van der Waals surface area contributed by atoms with Crippen LogP contribution in [0.15, 0.2) is 30.3 Å². The first-order chi connectivity index (χ1) is 8.92. The van der Waals surface area contributed by atoms with E-state index < -0.39 is 0 Å². The van der Waals surface area contributed by atoms with Crippen LogP contribution in [0.25, 0.3) is 0 Å². The van der Waals surface area contributed by atoms with Crippen LogP contribution in [0.3, 0.4) is 0 Å². The highest BCUT2D eigenvalue weighted by atomic mass is 35.5. The predicted octanol–water partition coefficient (Wildman–Crippen LogP) is 3.07. The average molecular weight is 284 g/mol. The Balaban J connectivity index is 2.59. The van der Waals surface area contributed by atoms with Crippen molar-refractivity contribution in [2.24, 2.45) is 0 Å². The molecule has 1 aromatic carbocycles. The Hall–Kier alpha value is -1.06. The van der Waals surface area contributed by atoms with Crippen molar-refractivity contribution in [3.8, 4) is 0 Å². The van der Waals surface area contributed by atoms with Gasteiger partial charge in [0.2, 0.25) is 5.91 Å². The van der Waals surface area contributed by atoms with Crippen LogP contribution in [0.4, 0.5) is 0 Å². The topological polar surface area (TPSA) is 29.5 Å². The number of hydrogen-bond donors (Lipinski definition) is 0. The zero-order valence-corrected chi connectivity index (χ0v) is 12.6. The first-order valence-corrected chi connectivity index (χ1v) is 6.97. The lowest BCUT2D eigenvalue weighted by Gasteiger charge is -2.25. The van der Waals surface area contributed by atoms with Crippen LogP contribution in [0.2, 0.25) is 0 Å². The summed E-state index contributed by atoms with van der Waals surface area (Å²) < 4.78 is 5.52. The molecule has 0 aromatic heterocycles. The maximum atomic E-state index is 12.1. The normalized spacial score (nSPS) is 11.4. The fourth-order valence-corrected chi connectivity index (χ4v) is 1.77. The van der Waals surface area contributed by atoms with E-state index in [-0.39, 0.29) is 18.1 Å². The fraction of sp³-hybridized carbons (Fsp3) is 0.533. The van der Waals surface area contributed by atoms with Crippen molar-refractivity contribution in [1.82, 2.24) is 4.90 Å². The first-order valence-electron chi connectivity index (χ1n) is 6.44.